The molecule has 2 aliphatic carbocycles. The van der Waals surface area contributed by atoms with Crippen molar-refractivity contribution in [2.75, 3.05) is 13.7 Å². The zero-order chi connectivity index (χ0) is 13.8. The van der Waals surface area contributed by atoms with Crippen LogP contribution in [0.2, 0.25) is 0 Å². The van der Waals surface area contributed by atoms with Crippen molar-refractivity contribution < 1.29 is 4.74 Å². The van der Waals surface area contributed by atoms with Gasteiger partial charge >= 0.3 is 0 Å². The van der Waals surface area contributed by atoms with Crippen LogP contribution in [0.4, 0.5) is 0 Å². The molecule has 0 heterocycles. The van der Waals surface area contributed by atoms with E-state index in [0.717, 1.165) is 30.0 Å². The summed E-state index contributed by atoms with van der Waals surface area (Å²) in [6, 6.07) is 9.34. The first kappa shape index (κ1) is 13.9. The molecule has 2 fully saturated rings. The van der Waals surface area contributed by atoms with Gasteiger partial charge in [0.15, 0.2) is 0 Å². The van der Waals surface area contributed by atoms with E-state index < -0.39 is 0 Å². The number of rotatable bonds is 7. The average molecular weight is 273 g/mol. The first-order valence-corrected chi connectivity index (χ1v) is 8.22. The maximum Gasteiger partial charge on any atom is 0.122 e. The van der Waals surface area contributed by atoms with E-state index in [-0.39, 0.29) is 0 Å². The molecule has 3 rings (SSSR count). The molecule has 110 valence electrons. The van der Waals surface area contributed by atoms with E-state index in [4.69, 9.17) is 4.74 Å². The Morgan fingerprint density at radius 2 is 1.90 bits per heavy atom. The van der Waals surface area contributed by atoms with Crippen LogP contribution in [-0.2, 0) is 6.42 Å². The zero-order valence-corrected chi connectivity index (χ0v) is 12.6. The summed E-state index contributed by atoms with van der Waals surface area (Å²) in [5.74, 6) is 2.74. The molecule has 0 bridgehead atoms. The fourth-order valence-corrected chi connectivity index (χ4v) is 3.59. The minimum atomic E-state index is 0.773. The molecule has 1 N–H and O–H groups in total. The van der Waals surface area contributed by atoms with Crippen LogP contribution in [0.3, 0.4) is 0 Å². The van der Waals surface area contributed by atoms with E-state index in [1.807, 2.05) is 0 Å². The second-order valence-corrected chi connectivity index (χ2v) is 6.50. The van der Waals surface area contributed by atoms with Crippen LogP contribution in [0.15, 0.2) is 24.3 Å². The Morgan fingerprint density at radius 1 is 1.15 bits per heavy atom. The predicted molar refractivity (Wildman–Crippen MR) is 83.2 cm³/mol. The summed E-state index contributed by atoms with van der Waals surface area (Å²) in [4.78, 5) is 0. The van der Waals surface area contributed by atoms with Crippen LogP contribution in [0.5, 0.6) is 5.75 Å². The molecule has 0 spiro atoms. The highest BCUT2D eigenvalue weighted by Gasteiger charge is 2.28. The maximum atomic E-state index is 5.53. The molecule has 1 atom stereocenters. The maximum absolute atomic E-state index is 5.53. The van der Waals surface area contributed by atoms with Gasteiger partial charge in [-0.25, -0.2) is 0 Å². The first-order valence-electron chi connectivity index (χ1n) is 8.22. The summed E-state index contributed by atoms with van der Waals surface area (Å²) >= 11 is 0. The Kier molecular flexibility index (Phi) is 4.62. The monoisotopic (exact) mass is 273 g/mol. The van der Waals surface area contributed by atoms with Gasteiger partial charge in [0.25, 0.3) is 0 Å². The molecule has 1 aromatic carbocycles. The van der Waals surface area contributed by atoms with E-state index in [1.54, 1.807) is 7.11 Å². The predicted octanol–water partition coefficient (Wildman–Crippen LogP) is 3.80. The SMILES string of the molecule is COc1ccccc1CC(CNC1CC1)C1CCCC1. The van der Waals surface area contributed by atoms with Crippen LogP contribution < -0.4 is 10.1 Å². The molecule has 1 unspecified atom stereocenters. The van der Waals surface area contributed by atoms with Gasteiger partial charge in [0, 0.05) is 6.04 Å². The molecule has 2 heteroatoms. The minimum Gasteiger partial charge on any atom is -0.496 e. The number of para-hydroxylation sites is 1. The van der Waals surface area contributed by atoms with Gasteiger partial charge in [-0.2, -0.15) is 0 Å². The lowest BCUT2D eigenvalue weighted by atomic mass is 9.85. The van der Waals surface area contributed by atoms with Crippen molar-refractivity contribution >= 4 is 0 Å². The Morgan fingerprint density at radius 3 is 2.60 bits per heavy atom. The Labute approximate surface area is 122 Å². The van der Waals surface area contributed by atoms with E-state index in [1.165, 1.54) is 50.6 Å². The highest BCUT2D eigenvalue weighted by atomic mass is 16.5. The van der Waals surface area contributed by atoms with Gasteiger partial charge in [0.2, 0.25) is 0 Å². The number of benzene rings is 1. The van der Waals surface area contributed by atoms with Crippen molar-refractivity contribution in [2.45, 2.75) is 51.0 Å². The fraction of sp³-hybridized carbons (Fsp3) is 0.667. The quantitative estimate of drug-likeness (QED) is 0.816. The van der Waals surface area contributed by atoms with Gasteiger partial charge in [-0.15, -0.1) is 0 Å². The zero-order valence-electron chi connectivity index (χ0n) is 12.6. The van der Waals surface area contributed by atoms with Crippen LogP contribution in [-0.4, -0.2) is 19.7 Å². The summed E-state index contributed by atoms with van der Waals surface area (Å²) in [5.41, 5.74) is 1.38. The lowest BCUT2D eigenvalue weighted by molar-refractivity contribution is 0.315. The molecule has 1 aromatic rings. The minimum absolute atomic E-state index is 0.773. The largest absolute Gasteiger partial charge is 0.496 e. The Balaban J connectivity index is 1.66. The van der Waals surface area contributed by atoms with E-state index >= 15 is 0 Å². The molecular formula is C18H27NO. The van der Waals surface area contributed by atoms with Crippen molar-refractivity contribution in [1.82, 2.24) is 5.32 Å². The number of hydrogen-bond acceptors (Lipinski definition) is 2. The van der Waals surface area contributed by atoms with Gasteiger partial charge in [0.1, 0.15) is 5.75 Å². The van der Waals surface area contributed by atoms with Crippen molar-refractivity contribution in [2.24, 2.45) is 11.8 Å². The van der Waals surface area contributed by atoms with Gasteiger partial charge in [0.05, 0.1) is 7.11 Å². The molecule has 0 saturated heterocycles. The summed E-state index contributed by atoms with van der Waals surface area (Å²) < 4.78 is 5.53. The summed E-state index contributed by atoms with van der Waals surface area (Å²) in [6.07, 6.45) is 9.62. The normalized spacial score (nSPS) is 21.1. The molecule has 20 heavy (non-hydrogen) atoms. The summed E-state index contributed by atoms with van der Waals surface area (Å²) in [5, 5.41) is 3.75. The molecule has 0 aromatic heterocycles. The van der Waals surface area contributed by atoms with Crippen molar-refractivity contribution in [3.8, 4) is 5.75 Å². The van der Waals surface area contributed by atoms with Gasteiger partial charge in [-0.05, 0) is 49.3 Å². The fourth-order valence-electron chi connectivity index (χ4n) is 3.59. The van der Waals surface area contributed by atoms with Gasteiger partial charge in [-0.1, -0.05) is 43.9 Å². The lowest BCUT2D eigenvalue weighted by Gasteiger charge is -2.25. The third kappa shape index (κ3) is 3.54. The van der Waals surface area contributed by atoms with Crippen LogP contribution >= 0.6 is 0 Å². The number of methoxy groups -OCH3 is 1. The molecular weight excluding hydrogens is 246 g/mol. The summed E-state index contributed by atoms with van der Waals surface area (Å²) in [6.45, 7) is 1.19. The number of ether oxygens (including phenoxy) is 1. The molecule has 2 aliphatic rings. The standard InChI is InChI=1S/C18H27NO/c1-20-18-9-5-4-8-15(18)12-16(13-19-17-10-11-17)14-6-2-3-7-14/h4-5,8-9,14,16-17,19H,2-3,6-7,10-13H2,1H3. The van der Waals surface area contributed by atoms with E-state index in [9.17, 15) is 0 Å². The van der Waals surface area contributed by atoms with Crippen LogP contribution in [0.25, 0.3) is 0 Å². The second kappa shape index (κ2) is 6.62. The molecule has 2 saturated carbocycles. The van der Waals surface area contributed by atoms with E-state index in [2.05, 4.69) is 29.6 Å². The molecule has 0 radical (unpaired) electrons. The van der Waals surface area contributed by atoms with Crippen LogP contribution in [0, 0.1) is 11.8 Å². The van der Waals surface area contributed by atoms with Gasteiger partial charge < -0.3 is 10.1 Å². The second-order valence-electron chi connectivity index (χ2n) is 6.50. The molecule has 2 nitrogen and oxygen atoms in total. The lowest BCUT2D eigenvalue weighted by Crippen LogP contribution is -2.30. The third-order valence-electron chi connectivity index (χ3n) is 4.99. The van der Waals surface area contributed by atoms with Crippen LogP contribution in [0.1, 0.15) is 44.1 Å². The highest BCUT2D eigenvalue weighted by Crippen LogP contribution is 2.35. The van der Waals surface area contributed by atoms with Crippen molar-refractivity contribution in [3.05, 3.63) is 29.8 Å². The highest BCUT2D eigenvalue weighted by molar-refractivity contribution is 5.33. The summed E-state index contributed by atoms with van der Waals surface area (Å²) in [7, 11) is 1.78. The Hall–Kier alpha value is -1.02. The van der Waals surface area contributed by atoms with Crippen molar-refractivity contribution in [1.29, 1.82) is 0 Å². The third-order valence-corrected chi connectivity index (χ3v) is 4.99. The van der Waals surface area contributed by atoms with Gasteiger partial charge in [-0.3, -0.25) is 0 Å². The number of nitrogens with one attached hydrogen (secondary N) is 1. The average Bonchev–Trinajstić information content (AvgIpc) is 3.15. The topological polar surface area (TPSA) is 21.3 Å². The molecule has 0 aliphatic heterocycles. The van der Waals surface area contributed by atoms with Crippen molar-refractivity contribution in [3.63, 3.8) is 0 Å². The smallest absolute Gasteiger partial charge is 0.122 e. The van der Waals surface area contributed by atoms with E-state index in [0.29, 0.717) is 0 Å². The number of hydrogen-bond donors (Lipinski definition) is 1. The molecule has 0 amide bonds. The Bertz CT molecular complexity index is 421. The first-order chi connectivity index (χ1) is 9.86.